The fourth-order valence-electron chi connectivity index (χ4n) is 1.65. The van der Waals surface area contributed by atoms with Gasteiger partial charge >= 0.3 is 0 Å². The lowest BCUT2D eigenvalue weighted by Crippen LogP contribution is -1.98. The van der Waals surface area contributed by atoms with E-state index in [4.69, 9.17) is 0 Å². The molecule has 1 aromatic rings. The summed E-state index contributed by atoms with van der Waals surface area (Å²) in [4.78, 5) is 11.2. The summed E-state index contributed by atoms with van der Waals surface area (Å²) in [6.07, 6.45) is 5.66. The van der Waals surface area contributed by atoms with Gasteiger partial charge in [-0.05, 0) is 30.2 Å². The van der Waals surface area contributed by atoms with E-state index in [1.165, 1.54) is 22.9 Å². The van der Waals surface area contributed by atoms with Crippen LogP contribution >= 0.6 is 11.8 Å². The highest BCUT2D eigenvalue weighted by Gasteiger charge is 2.04. The lowest BCUT2D eigenvalue weighted by Gasteiger charge is -2.07. The number of carbonyl (C=O) groups excluding carboxylic acids is 1. The van der Waals surface area contributed by atoms with Gasteiger partial charge in [0.15, 0.2) is 5.12 Å². The molecule has 82 valence electrons. The minimum Gasteiger partial charge on any atom is -0.287 e. The Labute approximate surface area is 96.3 Å². The molecule has 15 heavy (non-hydrogen) atoms. The average Bonchev–Trinajstić information content (AvgIpc) is 2.28. The number of hydrogen-bond donors (Lipinski definition) is 0. The highest BCUT2D eigenvalue weighted by atomic mass is 32.2. The summed E-state index contributed by atoms with van der Waals surface area (Å²) < 4.78 is 0. The smallest absolute Gasteiger partial charge is 0.189 e. The minimum atomic E-state index is 0.279. The molecule has 0 unspecified atom stereocenters. The lowest BCUT2D eigenvalue weighted by molar-refractivity contribution is -0.110. The van der Waals surface area contributed by atoms with Crippen molar-refractivity contribution in [1.29, 1.82) is 0 Å². The van der Waals surface area contributed by atoms with Crippen LogP contribution in [0.25, 0.3) is 0 Å². The van der Waals surface area contributed by atoms with Crippen LogP contribution in [0.1, 0.15) is 30.9 Å². The van der Waals surface area contributed by atoms with E-state index in [9.17, 15) is 4.79 Å². The zero-order chi connectivity index (χ0) is 11.1. The molecule has 0 aliphatic rings. The molecule has 0 N–H and O–H groups in total. The van der Waals surface area contributed by atoms with Crippen LogP contribution < -0.4 is 0 Å². The van der Waals surface area contributed by atoms with Gasteiger partial charge in [-0.2, -0.15) is 0 Å². The monoisotopic (exact) mass is 222 g/mol. The highest BCUT2D eigenvalue weighted by molar-refractivity contribution is 8.13. The van der Waals surface area contributed by atoms with Crippen molar-refractivity contribution in [2.24, 2.45) is 0 Å². The number of thioether (sulfide) groups is 1. The fourth-order valence-corrected chi connectivity index (χ4v) is 1.96. The largest absolute Gasteiger partial charge is 0.287 e. The molecule has 0 saturated heterocycles. The summed E-state index contributed by atoms with van der Waals surface area (Å²) in [6.45, 7) is 2.18. The van der Waals surface area contributed by atoms with E-state index >= 15 is 0 Å². The first-order chi connectivity index (χ1) is 7.27. The van der Waals surface area contributed by atoms with Crippen molar-refractivity contribution in [3.63, 3.8) is 0 Å². The van der Waals surface area contributed by atoms with Crippen LogP contribution in [0, 0.1) is 0 Å². The first kappa shape index (κ1) is 12.3. The standard InChI is InChI=1S/C13H18OS/c1-3-6-11-7-4-5-8-12(11)9-10-13(14)15-2/h4-5,7-8H,3,6,9-10H2,1-2H3. The maximum atomic E-state index is 11.2. The summed E-state index contributed by atoms with van der Waals surface area (Å²) in [6, 6.07) is 8.43. The molecule has 0 aliphatic heterocycles. The van der Waals surface area contributed by atoms with Crippen LogP contribution in [0.5, 0.6) is 0 Å². The van der Waals surface area contributed by atoms with Crippen LogP contribution in [0.2, 0.25) is 0 Å². The predicted octanol–water partition coefficient (Wildman–Crippen LogP) is 3.46. The average molecular weight is 222 g/mol. The second kappa shape index (κ2) is 6.67. The third-order valence-corrected chi connectivity index (χ3v) is 3.12. The van der Waals surface area contributed by atoms with Crippen LogP contribution in [0.3, 0.4) is 0 Å². The zero-order valence-electron chi connectivity index (χ0n) is 9.45. The molecule has 0 saturated carbocycles. The summed E-state index contributed by atoms with van der Waals surface area (Å²) in [5, 5.41) is 0.279. The Hall–Kier alpha value is -0.760. The zero-order valence-corrected chi connectivity index (χ0v) is 10.3. The van der Waals surface area contributed by atoms with Crippen molar-refractivity contribution in [2.45, 2.75) is 32.6 Å². The Bertz CT molecular complexity index is 320. The highest BCUT2D eigenvalue weighted by Crippen LogP contribution is 2.14. The van der Waals surface area contributed by atoms with Gasteiger partial charge in [-0.3, -0.25) is 4.79 Å². The van der Waals surface area contributed by atoms with Gasteiger partial charge in [0.2, 0.25) is 0 Å². The maximum Gasteiger partial charge on any atom is 0.189 e. The van der Waals surface area contributed by atoms with Crippen molar-refractivity contribution in [3.05, 3.63) is 35.4 Å². The van der Waals surface area contributed by atoms with E-state index in [2.05, 4.69) is 31.2 Å². The van der Waals surface area contributed by atoms with Gasteiger partial charge in [0.25, 0.3) is 0 Å². The molecule has 0 amide bonds. The van der Waals surface area contributed by atoms with Crippen molar-refractivity contribution < 1.29 is 4.79 Å². The molecule has 0 spiro atoms. The van der Waals surface area contributed by atoms with Crippen LogP contribution in [0.15, 0.2) is 24.3 Å². The third kappa shape index (κ3) is 4.08. The second-order valence-corrected chi connectivity index (χ2v) is 4.46. The van der Waals surface area contributed by atoms with Crippen molar-refractivity contribution >= 4 is 16.9 Å². The molecule has 0 heterocycles. The molecule has 0 radical (unpaired) electrons. The van der Waals surface area contributed by atoms with Gasteiger partial charge in [-0.25, -0.2) is 0 Å². The third-order valence-electron chi connectivity index (χ3n) is 2.46. The first-order valence-corrected chi connectivity index (χ1v) is 6.64. The molecular weight excluding hydrogens is 204 g/mol. The molecule has 0 aromatic heterocycles. The maximum absolute atomic E-state index is 11.2. The molecule has 0 aliphatic carbocycles. The molecule has 1 rings (SSSR count). The molecule has 0 fully saturated rings. The lowest BCUT2D eigenvalue weighted by atomic mass is 10.00. The van der Waals surface area contributed by atoms with E-state index in [-0.39, 0.29) is 5.12 Å². The van der Waals surface area contributed by atoms with Crippen LogP contribution in [-0.4, -0.2) is 11.4 Å². The van der Waals surface area contributed by atoms with Gasteiger partial charge in [0, 0.05) is 6.42 Å². The Kier molecular flexibility index (Phi) is 5.48. The van der Waals surface area contributed by atoms with Crippen molar-refractivity contribution in [2.75, 3.05) is 6.26 Å². The number of aryl methyl sites for hydroxylation is 2. The van der Waals surface area contributed by atoms with Gasteiger partial charge < -0.3 is 0 Å². The molecule has 0 bridgehead atoms. The fraction of sp³-hybridized carbons (Fsp3) is 0.462. The van der Waals surface area contributed by atoms with Crippen molar-refractivity contribution in [3.8, 4) is 0 Å². The minimum absolute atomic E-state index is 0.279. The number of carbonyl (C=O) groups is 1. The molecular formula is C13H18OS. The molecule has 0 atom stereocenters. The summed E-state index contributed by atoms with van der Waals surface area (Å²) in [5.41, 5.74) is 2.73. The van der Waals surface area contributed by atoms with Crippen LogP contribution in [-0.2, 0) is 17.6 Å². The Morgan fingerprint density at radius 3 is 2.33 bits per heavy atom. The van der Waals surface area contributed by atoms with E-state index in [1.807, 2.05) is 6.26 Å². The second-order valence-electron chi connectivity index (χ2n) is 3.59. The molecule has 1 nitrogen and oxygen atoms in total. The molecule has 2 heteroatoms. The summed E-state index contributed by atoms with van der Waals surface area (Å²) in [7, 11) is 0. The number of rotatable bonds is 5. The van der Waals surface area contributed by atoms with E-state index in [0.29, 0.717) is 6.42 Å². The van der Waals surface area contributed by atoms with Gasteiger partial charge in [-0.15, -0.1) is 0 Å². The van der Waals surface area contributed by atoms with Gasteiger partial charge in [0.1, 0.15) is 0 Å². The number of hydrogen-bond acceptors (Lipinski definition) is 2. The van der Waals surface area contributed by atoms with E-state index in [0.717, 1.165) is 19.3 Å². The first-order valence-electron chi connectivity index (χ1n) is 5.41. The quantitative estimate of drug-likeness (QED) is 0.759. The Balaban J connectivity index is 2.62. The van der Waals surface area contributed by atoms with Crippen LogP contribution in [0.4, 0.5) is 0 Å². The topological polar surface area (TPSA) is 17.1 Å². The van der Waals surface area contributed by atoms with E-state index in [1.54, 1.807) is 0 Å². The normalized spacial score (nSPS) is 10.3. The Morgan fingerprint density at radius 1 is 1.20 bits per heavy atom. The van der Waals surface area contributed by atoms with E-state index < -0.39 is 0 Å². The van der Waals surface area contributed by atoms with Crippen molar-refractivity contribution in [1.82, 2.24) is 0 Å². The molecule has 1 aromatic carbocycles. The Morgan fingerprint density at radius 2 is 1.80 bits per heavy atom. The van der Waals surface area contributed by atoms with Gasteiger partial charge in [-0.1, -0.05) is 49.4 Å². The van der Waals surface area contributed by atoms with Gasteiger partial charge in [0.05, 0.1) is 0 Å². The SMILES string of the molecule is CCCc1ccccc1CCC(=O)SC. The number of benzene rings is 1. The summed E-state index contributed by atoms with van der Waals surface area (Å²) in [5.74, 6) is 0. The predicted molar refractivity (Wildman–Crippen MR) is 67.3 cm³/mol. The summed E-state index contributed by atoms with van der Waals surface area (Å²) >= 11 is 1.32.